The van der Waals surface area contributed by atoms with Crippen LogP contribution in [-0.4, -0.2) is 29.7 Å². The number of nitrogens with zero attached hydrogens (tertiary/aromatic N) is 1. The third-order valence-corrected chi connectivity index (χ3v) is 5.67. The Morgan fingerprint density at radius 1 is 1.24 bits per heavy atom. The number of nitrogens with two attached hydrogens (primary N) is 2. The van der Waals surface area contributed by atoms with Crippen LogP contribution < -0.4 is 22.2 Å². The first-order valence-corrected chi connectivity index (χ1v) is 10.1. The van der Waals surface area contributed by atoms with Gasteiger partial charge in [0.1, 0.15) is 5.75 Å². The van der Waals surface area contributed by atoms with Gasteiger partial charge >= 0.3 is 0 Å². The molecule has 6 nitrogen and oxygen atoms in total. The molecular weight excluding hydrogens is 362 g/mol. The summed E-state index contributed by atoms with van der Waals surface area (Å²) in [5, 5.41) is 18.9. The number of fused-ring (bicyclic) bond motifs is 1. The molecule has 0 radical (unpaired) electrons. The van der Waals surface area contributed by atoms with Crippen molar-refractivity contribution in [2.75, 3.05) is 25.0 Å². The number of hydrogen-bond donors (Lipinski definition) is 5. The predicted molar refractivity (Wildman–Crippen MR) is 119 cm³/mol. The Hall–Kier alpha value is -2.96. The number of benzene rings is 2. The zero-order valence-electron chi connectivity index (χ0n) is 16.8. The molecule has 2 aliphatic rings. The van der Waals surface area contributed by atoms with Gasteiger partial charge in [0.15, 0.2) is 0 Å². The molecule has 152 valence electrons. The maximum Gasteiger partial charge on any atom is 0.138 e. The third kappa shape index (κ3) is 3.95. The van der Waals surface area contributed by atoms with Crippen LogP contribution in [0.5, 0.6) is 5.75 Å². The smallest absolute Gasteiger partial charge is 0.138 e. The van der Waals surface area contributed by atoms with Crippen molar-refractivity contribution in [1.82, 2.24) is 10.3 Å². The lowest BCUT2D eigenvalue weighted by molar-refractivity contribution is 0.401. The van der Waals surface area contributed by atoms with E-state index in [1.165, 1.54) is 11.1 Å². The number of phenols is 1. The molecule has 29 heavy (non-hydrogen) atoms. The Kier molecular flexibility index (Phi) is 5.47. The number of hydrazine groups is 1. The van der Waals surface area contributed by atoms with Gasteiger partial charge in [-0.05, 0) is 61.2 Å². The number of rotatable bonds is 3. The highest BCUT2D eigenvalue weighted by Gasteiger charge is 2.26. The van der Waals surface area contributed by atoms with Crippen molar-refractivity contribution in [2.45, 2.75) is 25.8 Å². The molecular formula is C23H29N5O. The molecule has 1 unspecified atom stereocenters. The van der Waals surface area contributed by atoms with Crippen molar-refractivity contribution >= 4 is 17.0 Å². The maximum atomic E-state index is 10.3. The highest BCUT2D eigenvalue weighted by Crippen LogP contribution is 2.38. The standard InChI is InChI=1S/C23H29N5O/c1-15(24)23-18-7-6-17(16-8-11-26-12-9-16)14-19(18)20(10-13-28(23)25)27-21-4-2-3-5-22(21)29/h2-8,14,20,26-27,29H,9-13,24-25H2,1H3/b23-15-. The van der Waals surface area contributed by atoms with Gasteiger partial charge in [-0.2, -0.15) is 0 Å². The summed E-state index contributed by atoms with van der Waals surface area (Å²) in [7, 11) is 0. The van der Waals surface area contributed by atoms with Crippen molar-refractivity contribution in [3.8, 4) is 5.75 Å². The van der Waals surface area contributed by atoms with E-state index in [1.807, 2.05) is 25.1 Å². The van der Waals surface area contributed by atoms with Crippen LogP contribution in [0.2, 0.25) is 0 Å². The van der Waals surface area contributed by atoms with Crippen molar-refractivity contribution in [3.63, 3.8) is 0 Å². The molecule has 0 aliphatic carbocycles. The van der Waals surface area contributed by atoms with Gasteiger partial charge in [0.2, 0.25) is 0 Å². The largest absolute Gasteiger partial charge is 0.506 e. The van der Waals surface area contributed by atoms with Gasteiger partial charge in [-0.1, -0.05) is 30.3 Å². The minimum absolute atomic E-state index is 0.00321. The van der Waals surface area contributed by atoms with Crippen LogP contribution in [0.4, 0.5) is 5.69 Å². The van der Waals surface area contributed by atoms with Crippen molar-refractivity contribution in [1.29, 1.82) is 0 Å². The van der Waals surface area contributed by atoms with E-state index in [9.17, 15) is 5.11 Å². The van der Waals surface area contributed by atoms with E-state index in [0.717, 1.165) is 48.4 Å². The van der Waals surface area contributed by atoms with Gasteiger partial charge in [0, 0.05) is 24.4 Å². The highest BCUT2D eigenvalue weighted by molar-refractivity contribution is 5.75. The minimum atomic E-state index is 0.00321. The van der Waals surface area contributed by atoms with E-state index in [2.05, 4.69) is 34.9 Å². The first-order chi connectivity index (χ1) is 14.0. The van der Waals surface area contributed by atoms with Crippen molar-refractivity contribution in [3.05, 3.63) is 70.9 Å². The van der Waals surface area contributed by atoms with Crippen LogP contribution >= 0.6 is 0 Å². The average molecular weight is 392 g/mol. The Balaban J connectivity index is 1.81. The molecule has 4 rings (SSSR count). The van der Waals surface area contributed by atoms with Crippen LogP contribution in [0.3, 0.4) is 0 Å². The Morgan fingerprint density at radius 3 is 2.79 bits per heavy atom. The van der Waals surface area contributed by atoms with Gasteiger partial charge in [0.05, 0.1) is 17.4 Å². The van der Waals surface area contributed by atoms with Crippen LogP contribution in [0.15, 0.2) is 54.2 Å². The van der Waals surface area contributed by atoms with Crippen molar-refractivity contribution < 1.29 is 5.11 Å². The van der Waals surface area contributed by atoms with Gasteiger partial charge < -0.3 is 26.5 Å². The summed E-state index contributed by atoms with van der Waals surface area (Å²) in [5.74, 6) is 6.60. The molecule has 0 spiro atoms. The third-order valence-electron chi connectivity index (χ3n) is 5.67. The summed E-state index contributed by atoms with van der Waals surface area (Å²) in [4.78, 5) is 0. The highest BCUT2D eigenvalue weighted by atomic mass is 16.3. The van der Waals surface area contributed by atoms with Gasteiger partial charge in [-0.25, -0.2) is 5.84 Å². The Morgan fingerprint density at radius 2 is 2.07 bits per heavy atom. The summed E-state index contributed by atoms with van der Waals surface area (Å²) in [5.41, 5.74) is 13.3. The molecule has 2 aliphatic heterocycles. The molecule has 0 bridgehead atoms. The SMILES string of the molecule is C/C(N)=C1\c2ccc(C3=CCNCC3)cc2C(Nc2ccccc2O)CCN1N. The summed E-state index contributed by atoms with van der Waals surface area (Å²) in [6.45, 7) is 4.44. The first-order valence-electron chi connectivity index (χ1n) is 10.1. The molecule has 2 aromatic carbocycles. The van der Waals surface area contributed by atoms with Crippen LogP contribution in [0.1, 0.15) is 42.5 Å². The normalized spacial score (nSPS) is 21.1. The van der Waals surface area contributed by atoms with Gasteiger partial charge in [-0.3, -0.25) is 0 Å². The van der Waals surface area contributed by atoms with E-state index >= 15 is 0 Å². The fraction of sp³-hybridized carbons (Fsp3) is 0.304. The molecule has 2 aromatic rings. The lowest BCUT2D eigenvalue weighted by Crippen LogP contribution is -2.31. The number of anilines is 1. The second kappa shape index (κ2) is 8.19. The molecule has 0 aromatic heterocycles. The van der Waals surface area contributed by atoms with E-state index in [-0.39, 0.29) is 11.8 Å². The molecule has 0 amide bonds. The molecule has 2 heterocycles. The molecule has 6 heteroatoms. The number of allylic oxidation sites excluding steroid dienone is 1. The Bertz CT molecular complexity index is 961. The summed E-state index contributed by atoms with van der Waals surface area (Å²) in [6.07, 6.45) is 4.06. The van der Waals surface area contributed by atoms with E-state index < -0.39 is 0 Å². The number of phenolic OH excluding ortho intramolecular Hbond substituents is 1. The summed E-state index contributed by atoms with van der Waals surface area (Å²) < 4.78 is 0. The Labute approximate surface area is 171 Å². The number of hydrogen-bond acceptors (Lipinski definition) is 6. The predicted octanol–water partition coefficient (Wildman–Crippen LogP) is 3.15. The monoisotopic (exact) mass is 391 g/mol. The molecule has 7 N–H and O–H groups in total. The average Bonchev–Trinajstić information content (AvgIpc) is 2.86. The molecule has 0 saturated carbocycles. The molecule has 0 fully saturated rings. The number of aromatic hydroxyl groups is 1. The first kappa shape index (κ1) is 19.4. The summed E-state index contributed by atoms with van der Waals surface area (Å²) >= 11 is 0. The fourth-order valence-electron chi connectivity index (χ4n) is 4.21. The molecule has 1 atom stereocenters. The van der Waals surface area contributed by atoms with E-state index in [1.54, 1.807) is 11.1 Å². The van der Waals surface area contributed by atoms with Crippen molar-refractivity contribution in [2.24, 2.45) is 11.6 Å². The summed E-state index contributed by atoms with van der Waals surface area (Å²) in [6, 6.07) is 13.9. The fourth-order valence-corrected chi connectivity index (χ4v) is 4.21. The number of nitrogens with one attached hydrogen (secondary N) is 2. The van der Waals surface area contributed by atoms with E-state index in [0.29, 0.717) is 12.2 Å². The lowest BCUT2D eigenvalue weighted by Gasteiger charge is -2.23. The second-order valence-corrected chi connectivity index (χ2v) is 7.71. The van der Waals surface area contributed by atoms with Gasteiger partial charge in [-0.15, -0.1) is 0 Å². The number of para-hydroxylation sites is 2. The zero-order valence-corrected chi connectivity index (χ0v) is 16.8. The lowest BCUT2D eigenvalue weighted by atomic mass is 9.91. The molecule has 0 saturated heterocycles. The quantitative estimate of drug-likeness (QED) is 0.407. The topological polar surface area (TPSA) is 99.6 Å². The van der Waals surface area contributed by atoms with E-state index in [4.69, 9.17) is 11.6 Å². The van der Waals surface area contributed by atoms with Gasteiger partial charge in [0.25, 0.3) is 0 Å². The van der Waals surface area contributed by atoms with Crippen LogP contribution in [0.25, 0.3) is 11.3 Å². The maximum absolute atomic E-state index is 10.3. The van der Waals surface area contributed by atoms with Crippen LogP contribution in [-0.2, 0) is 0 Å². The van der Waals surface area contributed by atoms with Crippen LogP contribution in [0, 0.1) is 0 Å². The zero-order chi connectivity index (χ0) is 20.4. The minimum Gasteiger partial charge on any atom is -0.506 e. The second-order valence-electron chi connectivity index (χ2n) is 7.71.